The van der Waals surface area contributed by atoms with E-state index in [2.05, 4.69) is 5.32 Å². The van der Waals surface area contributed by atoms with Gasteiger partial charge < -0.3 is 10.1 Å². The highest BCUT2D eigenvalue weighted by atomic mass is 35.5. The summed E-state index contributed by atoms with van der Waals surface area (Å²) < 4.78 is 5.03. The Balaban J connectivity index is 2.14. The van der Waals surface area contributed by atoms with Crippen LogP contribution >= 0.6 is 11.6 Å². The maximum absolute atomic E-state index is 12.0. The molecule has 2 aromatic rings. The molecule has 0 aliphatic carbocycles. The Morgan fingerprint density at radius 1 is 1.11 bits per heavy atom. The minimum absolute atomic E-state index is 0.203. The van der Waals surface area contributed by atoms with Crippen LogP contribution in [0.15, 0.2) is 48.5 Å². The summed E-state index contributed by atoms with van der Waals surface area (Å²) in [7, 11) is 1.58. The van der Waals surface area contributed by atoms with Crippen LogP contribution in [0, 0.1) is 0 Å². The van der Waals surface area contributed by atoms with Crippen molar-refractivity contribution in [3.05, 3.63) is 59.1 Å². The number of methoxy groups -OCH3 is 1. The molecule has 0 aliphatic heterocycles. The van der Waals surface area contributed by atoms with E-state index < -0.39 is 0 Å². The number of nitrogens with one attached hydrogen (secondary N) is 1. The van der Waals surface area contributed by atoms with Gasteiger partial charge in [0.2, 0.25) is 0 Å². The van der Waals surface area contributed by atoms with E-state index in [1.165, 1.54) is 0 Å². The average molecular weight is 262 g/mol. The molecule has 0 saturated carbocycles. The minimum Gasteiger partial charge on any atom is -0.497 e. The van der Waals surface area contributed by atoms with Crippen LogP contribution in [-0.4, -0.2) is 13.0 Å². The fraction of sp³-hybridized carbons (Fsp3) is 0.0714. The van der Waals surface area contributed by atoms with Crippen molar-refractivity contribution in [1.82, 2.24) is 0 Å². The average Bonchev–Trinajstić information content (AvgIpc) is 2.41. The molecule has 3 nitrogen and oxygen atoms in total. The number of amides is 1. The van der Waals surface area contributed by atoms with Gasteiger partial charge in [-0.25, -0.2) is 0 Å². The van der Waals surface area contributed by atoms with E-state index in [0.717, 1.165) is 0 Å². The molecule has 0 heterocycles. The molecule has 2 aromatic carbocycles. The number of anilines is 1. The SMILES string of the molecule is COc1ccc(C(=O)Nc2ccccc2Cl)cc1. The van der Waals surface area contributed by atoms with Gasteiger partial charge in [0.25, 0.3) is 5.91 Å². The van der Waals surface area contributed by atoms with Gasteiger partial charge in [0.15, 0.2) is 0 Å². The summed E-state index contributed by atoms with van der Waals surface area (Å²) in [4.78, 5) is 12.0. The van der Waals surface area contributed by atoms with Crippen molar-refractivity contribution >= 4 is 23.2 Å². The smallest absolute Gasteiger partial charge is 0.255 e. The van der Waals surface area contributed by atoms with Gasteiger partial charge in [-0.05, 0) is 36.4 Å². The van der Waals surface area contributed by atoms with Crippen LogP contribution in [0.1, 0.15) is 10.4 Å². The Morgan fingerprint density at radius 3 is 2.39 bits per heavy atom. The summed E-state index contributed by atoms with van der Waals surface area (Å²) in [5, 5.41) is 3.27. The maximum atomic E-state index is 12.0. The normalized spacial score (nSPS) is 9.89. The molecule has 92 valence electrons. The first-order valence-electron chi connectivity index (χ1n) is 5.40. The Kier molecular flexibility index (Phi) is 3.85. The van der Waals surface area contributed by atoms with Gasteiger partial charge in [-0.2, -0.15) is 0 Å². The molecule has 0 radical (unpaired) electrons. The van der Waals surface area contributed by atoms with Crippen LogP contribution in [0.2, 0.25) is 5.02 Å². The summed E-state index contributed by atoms with van der Waals surface area (Å²) in [5.41, 5.74) is 1.15. The predicted molar refractivity (Wildman–Crippen MR) is 72.4 cm³/mol. The third-order valence-electron chi connectivity index (χ3n) is 2.47. The first-order valence-corrected chi connectivity index (χ1v) is 5.78. The number of rotatable bonds is 3. The Bertz CT molecular complexity index is 552. The van der Waals surface area contributed by atoms with Gasteiger partial charge in [0, 0.05) is 5.56 Å². The molecular weight excluding hydrogens is 250 g/mol. The van der Waals surface area contributed by atoms with Crippen molar-refractivity contribution in [2.24, 2.45) is 0 Å². The van der Waals surface area contributed by atoms with Crippen molar-refractivity contribution in [2.45, 2.75) is 0 Å². The second-order valence-corrected chi connectivity index (χ2v) is 4.07. The zero-order valence-electron chi connectivity index (χ0n) is 9.81. The van der Waals surface area contributed by atoms with Crippen molar-refractivity contribution in [3.8, 4) is 5.75 Å². The molecule has 0 spiro atoms. The van der Waals surface area contributed by atoms with Crippen molar-refractivity contribution in [1.29, 1.82) is 0 Å². The second kappa shape index (κ2) is 5.56. The van der Waals surface area contributed by atoms with Crippen LogP contribution in [0.4, 0.5) is 5.69 Å². The molecule has 0 aliphatic rings. The minimum atomic E-state index is -0.203. The Labute approximate surface area is 110 Å². The Hall–Kier alpha value is -2.00. The fourth-order valence-electron chi connectivity index (χ4n) is 1.50. The van der Waals surface area contributed by atoms with Crippen LogP contribution < -0.4 is 10.1 Å². The zero-order valence-corrected chi connectivity index (χ0v) is 10.6. The van der Waals surface area contributed by atoms with Crippen LogP contribution in [0.5, 0.6) is 5.75 Å². The van der Waals surface area contributed by atoms with Crippen molar-refractivity contribution in [3.63, 3.8) is 0 Å². The van der Waals surface area contributed by atoms with Crippen LogP contribution in [0.25, 0.3) is 0 Å². The number of carbonyl (C=O) groups excluding carboxylic acids is 1. The lowest BCUT2D eigenvalue weighted by Gasteiger charge is -2.07. The third kappa shape index (κ3) is 2.81. The lowest BCUT2D eigenvalue weighted by Crippen LogP contribution is -2.11. The molecule has 0 atom stereocenters. The number of hydrogen-bond acceptors (Lipinski definition) is 2. The standard InChI is InChI=1S/C14H12ClNO2/c1-18-11-8-6-10(7-9-11)14(17)16-13-5-3-2-4-12(13)15/h2-9H,1H3,(H,16,17). The van der Waals surface area contributed by atoms with E-state index in [4.69, 9.17) is 16.3 Å². The Morgan fingerprint density at radius 2 is 1.78 bits per heavy atom. The van der Waals surface area contributed by atoms with Gasteiger partial charge >= 0.3 is 0 Å². The van der Waals surface area contributed by atoms with Crippen LogP contribution in [0.3, 0.4) is 0 Å². The van der Waals surface area contributed by atoms with Gasteiger partial charge in [-0.1, -0.05) is 23.7 Å². The van der Waals surface area contributed by atoms with Gasteiger partial charge in [-0.15, -0.1) is 0 Å². The molecule has 0 aromatic heterocycles. The second-order valence-electron chi connectivity index (χ2n) is 3.66. The number of carbonyl (C=O) groups is 1. The lowest BCUT2D eigenvalue weighted by atomic mass is 10.2. The van der Waals surface area contributed by atoms with E-state index in [-0.39, 0.29) is 5.91 Å². The summed E-state index contributed by atoms with van der Waals surface area (Å²) >= 11 is 5.97. The summed E-state index contributed by atoms with van der Waals surface area (Å²) in [6.07, 6.45) is 0. The first-order chi connectivity index (χ1) is 8.70. The van der Waals surface area contributed by atoms with Gasteiger partial charge in [0.05, 0.1) is 17.8 Å². The van der Waals surface area contributed by atoms with Crippen LogP contribution in [-0.2, 0) is 0 Å². The largest absolute Gasteiger partial charge is 0.497 e. The lowest BCUT2D eigenvalue weighted by molar-refractivity contribution is 0.102. The van der Waals surface area contributed by atoms with Crippen molar-refractivity contribution < 1.29 is 9.53 Å². The number of para-hydroxylation sites is 1. The molecule has 1 amide bonds. The van der Waals surface area contributed by atoms with Crippen molar-refractivity contribution in [2.75, 3.05) is 12.4 Å². The highest BCUT2D eigenvalue weighted by Crippen LogP contribution is 2.21. The summed E-state index contributed by atoms with van der Waals surface area (Å²) in [5.74, 6) is 0.509. The number of hydrogen-bond donors (Lipinski definition) is 1. The third-order valence-corrected chi connectivity index (χ3v) is 2.80. The number of halogens is 1. The van der Waals surface area contributed by atoms with E-state index in [1.807, 2.05) is 12.1 Å². The molecule has 2 rings (SSSR count). The van der Waals surface area contributed by atoms with E-state index in [0.29, 0.717) is 22.0 Å². The quantitative estimate of drug-likeness (QED) is 0.917. The number of benzene rings is 2. The molecule has 0 bridgehead atoms. The zero-order chi connectivity index (χ0) is 13.0. The van der Waals surface area contributed by atoms with E-state index in [1.54, 1.807) is 43.5 Å². The first kappa shape index (κ1) is 12.5. The molecule has 1 N–H and O–H groups in total. The highest BCUT2D eigenvalue weighted by molar-refractivity contribution is 6.33. The molecule has 0 saturated heterocycles. The molecule has 0 fully saturated rings. The molecule has 0 unspecified atom stereocenters. The predicted octanol–water partition coefficient (Wildman–Crippen LogP) is 3.60. The van der Waals surface area contributed by atoms with E-state index >= 15 is 0 Å². The monoisotopic (exact) mass is 261 g/mol. The molecule has 4 heteroatoms. The molecular formula is C14H12ClNO2. The topological polar surface area (TPSA) is 38.3 Å². The maximum Gasteiger partial charge on any atom is 0.255 e. The summed E-state index contributed by atoms with van der Waals surface area (Å²) in [6, 6.07) is 14.0. The summed E-state index contributed by atoms with van der Waals surface area (Å²) in [6.45, 7) is 0. The van der Waals surface area contributed by atoms with Gasteiger partial charge in [-0.3, -0.25) is 4.79 Å². The van der Waals surface area contributed by atoms with Gasteiger partial charge in [0.1, 0.15) is 5.75 Å². The molecule has 18 heavy (non-hydrogen) atoms. The fourth-order valence-corrected chi connectivity index (χ4v) is 1.68. The highest BCUT2D eigenvalue weighted by Gasteiger charge is 2.07. The van der Waals surface area contributed by atoms with E-state index in [9.17, 15) is 4.79 Å². The number of ether oxygens (including phenoxy) is 1.